The van der Waals surface area contributed by atoms with Crippen molar-refractivity contribution >= 4 is 28.4 Å². The standard InChI is InChI=1S/C22H23N7O/c1-30-20-4-2-3-19(13-20)29-21-16(15-25-29)14-24-22(27-21)26-17-5-7-18(8-6-17)28-11-9-23-10-12-28/h2-8,13-15,23H,9-12H2,1H3,(H,24,26,27). The Morgan fingerprint density at radius 1 is 1.00 bits per heavy atom. The van der Waals surface area contributed by atoms with Gasteiger partial charge < -0.3 is 20.3 Å². The molecule has 30 heavy (non-hydrogen) atoms. The van der Waals surface area contributed by atoms with Crippen LogP contribution < -0.4 is 20.3 Å². The Hall–Kier alpha value is -3.65. The van der Waals surface area contributed by atoms with E-state index in [1.807, 2.05) is 24.3 Å². The van der Waals surface area contributed by atoms with E-state index in [1.165, 1.54) is 5.69 Å². The minimum atomic E-state index is 0.530. The Labute approximate surface area is 174 Å². The van der Waals surface area contributed by atoms with Crippen molar-refractivity contribution in [2.24, 2.45) is 0 Å². The lowest BCUT2D eigenvalue weighted by Gasteiger charge is -2.29. The number of rotatable bonds is 5. The number of hydrogen-bond donors (Lipinski definition) is 2. The zero-order valence-corrected chi connectivity index (χ0v) is 16.7. The van der Waals surface area contributed by atoms with Crippen molar-refractivity contribution < 1.29 is 4.74 Å². The van der Waals surface area contributed by atoms with Crippen LogP contribution in [0.25, 0.3) is 16.7 Å². The first kappa shape index (κ1) is 18.4. The summed E-state index contributed by atoms with van der Waals surface area (Å²) in [6, 6.07) is 16.1. The molecule has 0 saturated carbocycles. The Morgan fingerprint density at radius 2 is 1.83 bits per heavy atom. The zero-order valence-electron chi connectivity index (χ0n) is 16.7. The number of aromatic nitrogens is 4. The van der Waals surface area contributed by atoms with E-state index in [9.17, 15) is 0 Å². The highest BCUT2D eigenvalue weighted by Crippen LogP contribution is 2.23. The monoisotopic (exact) mass is 401 g/mol. The van der Waals surface area contributed by atoms with Crippen molar-refractivity contribution in [2.75, 3.05) is 43.5 Å². The highest BCUT2D eigenvalue weighted by molar-refractivity contribution is 5.77. The van der Waals surface area contributed by atoms with Crippen LogP contribution in [-0.4, -0.2) is 53.0 Å². The molecule has 2 N–H and O–H groups in total. The van der Waals surface area contributed by atoms with Crippen molar-refractivity contribution in [3.05, 3.63) is 60.9 Å². The molecule has 8 nitrogen and oxygen atoms in total. The van der Waals surface area contributed by atoms with Gasteiger partial charge in [-0.05, 0) is 36.4 Å². The third-order valence-electron chi connectivity index (χ3n) is 5.21. The number of ether oxygens (including phenoxy) is 1. The van der Waals surface area contributed by atoms with Crippen molar-refractivity contribution in [1.82, 2.24) is 25.1 Å². The van der Waals surface area contributed by atoms with Crippen molar-refractivity contribution in [2.45, 2.75) is 0 Å². The van der Waals surface area contributed by atoms with Gasteiger partial charge in [-0.1, -0.05) is 6.07 Å². The maximum atomic E-state index is 5.33. The molecule has 2 aromatic carbocycles. The zero-order chi connectivity index (χ0) is 20.3. The molecule has 1 aliphatic rings. The average molecular weight is 401 g/mol. The highest BCUT2D eigenvalue weighted by atomic mass is 16.5. The van der Waals surface area contributed by atoms with Crippen molar-refractivity contribution in [3.63, 3.8) is 0 Å². The van der Waals surface area contributed by atoms with Gasteiger partial charge in [-0.3, -0.25) is 0 Å². The summed E-state index contributed by atoms with van der Waals surface area (Å²) in [6.07, 6.45) is 3.55. The van der Waals surface area contributed by atoms with Gasteiger partial charge in [0.25, 0.3) is 0 Å². The predicted octanol–water partition coefficient (Wildman–Crippen LogP) is 2.98. The Balaban J connectivity index is 1.39. The number of benzene rings is 2. The first-order valence-electron chi connectivity index (χ1n) is 9.98. The molecule has 0 spiro atoms. The second-order valence-corrected chi connectivity index (χ2v) is 7.14. The molecule has 0 amide bonds. The predicted molar refractivity (Wildman–Crippen MR) is 118 cm³/mol. The second-order valence-electron chi connectivity index (χ2n) is 7.14. The lowest BCUT2D eigenvalue weighted by atomic mass is 10.2. The van der Waals surface area contributed by atoms with E-state index in [-0.39, 0.29) is 0 Å². The fourth-order valence-electron chi connectivity index (χ4n) is 3.62. The fraction of sp³-hybridized carbons (Fsp3) is 0.227. The lowest BCUT2D eigenvalue weighted by molar-refractivity contribution is 0.414. The van der Waals surface area contributed by atoms with Gasteiger partial charge in [0, 0.05) is 49.8 Å². The molecule has 1 saturated heterocycles. The largest absolute Gasteiger partial charge is 0.497 e. The number of nitrogens with one attached hydrogen (secondary N) is 2. The minimum absolute atomic E-state index is 0.530. The molecule has 0 bridgehead atoms. The molecule has 0 atom stereocenters. The van der Waals surface area contributed by atoms with Gasteiger partial charge in [-0.25, -0.2) is 9.67 Å². The van der Waals surface area contributed by atoms with Crippen LogP contribution in [0.3, 0.4) is 0 Å². The van der Waals surface area contributed by atoms with Crippen LogP contribution in [0.1, 0.15) is 0 Å². The van der Waals surface area contributed by atoms with Gasteiger partial charge in [-0.15, -0.1) is 0 Å². The van der Waals surface area contributed by atoms with E-state index in [2.05, 4.69) is 49.9 Å². The Kier molecular flexibility index (Phi) is 4.90. The first-order valence-corrected chi connectivity index (χ1v) is 9.98. The second kappa shape index (κ2) is 8.00. The molecule has 1 fully saturated rings. The van der Waals surface area contributed by atoms with Crippen LogP contribution in [0.15, 0.2) is 60.9 Å². The number of anilines is 3. The molecule has 1 aliphatic heterocycles. The van der Waals surface area contributed by atoms with Gasteiger partial charge in [0.05, 0.1) is 24.4 Å². The van der Waals surface area contributed by atoms with E-state index in [0.29, 0.717) is 5.95 Å². The maximum absolute atomic E-state index is 5.33. The van der Waals surface area contributed by atoms with E-state index >= 15 is 0 Å². The molecule has 4 aromatic rings. The SMILES string of the molecule is COc1cccc(-n2ncc3cnc(Nc4ccc(N5CCNCC5)cc4)nc32)c1. The molecule has 2 aromatic heterocycles. The van der Waals surface area contributed by atoms with Crippen LogP contribution in [0.2, 0.25) is 0 Å². The van der Waals surface area contributed by atoms with Crippen LogP contribution in [0.5, 0.6) is 5.75 Å². The summed E-state index contributed by atoms with van der Waals surface area (Å²) in [5, 5.41) is 12.0. The fourth-order valence-corrected chi connectivity index (χ4v) is 3.62. The molecule has 3 heterocycles. The molecule has 0 radical (unpaired) electrons. The number of fused-ring (bicyclic) bond motifs is 1. The Bertz CT molecular complexity index is 1150. The van der Waals surface area contributed by atoms with E-state index in [1.54, 1.807) is 24.2 Å². The summed E-state index contributed by atoms with van der Waals surface area (Å²) >= 11 is 0. The molecule has 5 rings (SSSR count). The summed E-state index contributed by atoms with van der Waals surface area (Å²) in [5.74, 6) is 1.30. The number of methoxy groups -OCH3 is 1. The molecular weight excluding hydrogens is 378 g/mol. The first-order chi connectivity index (χ1) is 14.8. The maximum Gasteiger partial charge on any atom is 0.229 e. The van der Waals surface area contributed by atoms with Gasteiger partial charge in [0.2, 0.25) is 5.95 Å². The summed E-state index contributed by atoms with van der Waals surface area (Å²) in [6.45, 7) is 4.10. The van der Waals surface area contributed by atoms with Crippen molar-refractivity contribution in [1.29, 1.82) is 0 Å². The minimum Gasteiger partial charge on any atom is -0.497 e. The lowest BCUT2D eigenvalue weighted by Crippen LogP contribution is -2.43. The molecule has 8 heteroatoms. The van der Waals surface area contributed by atoms with Gasteiger partial charge in [0.1, 0.15) is 5.75 Å². The smallest absolute Gasteiger partial charge is 0.229 e. The summed E-state index contributed by atoms with van der Waals surface area (Å²) in [5.41, 5.74) is 3.79. The van der Waals surface area contributed by atoms with Gasteiger partial charge in [0.15, 0.2) is 5.65 Å². The number of piperazine rings is 1. The van der Waals surface area contributed by atoms with Gasteiger partial charge >= 0.3 is 0 Å². The van der Waals surface area contributed by atoms with Gasteiger partial charge in [-0.2, -0.15) is 10.1 Å². The molecule has 0 unspecified atom stereocenters. The third-order valence-corrected chi connectivity index (χ3v) is 5.21. The van der Waals surface area contributed by atoms with E-state index in [0.717, 1.165) is 54.3 Å². The third kappa shape index (κ3) is 3.65. The average Bonchev–Trinajstić information content (AvgIpc) is 3.23. The van der Waals surface area contributed by atoms with Crippen LogP contribution in [0, 0.1) is 0 Å². The topological polar surface area (TPSA) is 80.1 Å². The number of nitrogens with zero attached hydrogens (tertiary/aromatic N) is 5. The highest BCUT2D eigenvalue weighted by Gasteiger charge is 2.11. The van der Waals surface area contributed by atoms with E-state index < -0.39 is 0 Å². The normalized spacial score (nSPS) is 14.1. The van der Waals surface area contributed by atoms with Crippen LogP contribution in [-0.2, 0) is 0 Å². The van der Waals surface area contributed by atoms with Crippen LogP contribution in [0.4, 0.5) is 17.3 Å². The van der Waals surface area contributed by atoms with Crippen LogP contribution >= 0.6 is 0 Å². The Morgan fingerprint density at radius 3 is 2.63 bits per heavy atom. The van der Waals surface area contributed by atoms with E-state index in [4.69, 9.17) is 9.72 Å². The molecular formula is C22H23N7O. The summed E-state index contributed by atoms with van der Waals surface area (Å²) < 4.78 is 7.12. The molecule has 152 valence electrons. The van der Waals surface area contributed by atoms with Crippen molar-refractivity contribution in [3.8, 4) is 11.4 Å². The molecule has 0 aliphatic carbocycles. The summed E-state index contributed by atoms with van der Waals surface area (Å²) in [4.78, 5) is 11.5. The summed E-state index contributed by atoms with van der Waals surface area (Å²) in [7, 11) is 1.65. The quantitative estimate of drug-likeness (QED) is 0.532. The number of hydrogen-bond acceptors (Lipinski definition) is 7.